The Labute approximate surface area is 96.0 Å². The van der Waals surface area contributed by atoms with Gasteiger partial charge < -0.3 is 4.90 Å². The molecule has 0 unspecified atom stereocenters. The number of nitrogens with zero attached hydrogens (tertiary/aromatic N) is 2. The molecule has 4 heteroatoms. The van der Waals surface area contributed by atoms with Gasteiger partial charge in [0.25, 0.3) is 0 Å². The highest BCUT2D eigenvalue weighted by molar-refractivity contribution is 5.78. The number of hydrogen-bond acceptors (Lipinski definition) is 2. The lowest BCUT2D eigenvalue weighted by Crippen LogP contribution is -2.38. The van der Waals surface area contributed by atoms with Crippen LogP contribution in [0.25, 0.3) is 0 Å². The molecule has 0 bridgehead atoms. The summed E-state index contributed by atoms with van der Waals surface area (Å²) in [6.45, 7) is 6.01. The number of piperidine rings is 1. The van der Waals surface area contributed by atoms with Crippen molar-refractivity contribution in [1.82, 2.24) is 15.1 Å². The van der Waals surface area contributed by atoms with Gasteiger partial charge >= 0.3 is 0 Å². The quantitative estimate of drug-likeness (QED) is 0.823. The van der Waals surface area contributed by atoms with Crippen LogP contribution >= 0.6 is 0 Å². The molecule has 88 valence electrons. The number of hydrogen-bond donors (Lipinski definition) is 1. The largest absolute Gasteiger partial charge is 0.342 e. The van der Waals surface area contributed by atoms with Gasteiger partial charge in [-0.15, -0.1) is 0 Å². The number of H-pyrrole nitrogens is 1. The van der Waals surface area contributed by atoms with Crippen molar-refractivity contribution in [1.29, 1.82) is 0 Å². The average molecular weight is 221 g/mol. The fourth-order valence-electron chi connectivity index (χ4n) is 2.09. The van der Waals surface area contributed by atoms with E-state index in [0.29, 0.717) is 6.42 Å². The van der Waals surface area contributed by atoms with Crippen molar-refractivity contribution in [2.45, 2.75) is 33.1 Å². The van der Waals surface area contributed by atoms with Gasteiger partial charge in [0.2, 0.25) is 5.91 Å². The van der Waals surface area contributed by atoms with Gasteiger partial charge in [-0.1, -0.05) is 6.92 Å². The van der Waals surface area contributed by atoms with Crippen molar-refractivity contribution >= 4 is 5.91 Å². The first-order chi connectivity index (χ1) is 7.65. The normalized spacial score (nSPS) is 17.8. The van der Waals surface area contributed by atoms with Crippen molar-refractivity contribution in [3.63, 3.8) is 0 Å². The Hall–Kier alpha value is -1.32. The molecule has 1 saturated heterocycles. The third-order valence-electron chi connectivity index (χ3n) is 3.23. The predicted octanol–water partition coefficient (Wildman–Crippen LogP) is 1.52. The molecular weight excluding hydrogens is 202 g/mol. The summed E-state index contributed by atoms with van der Waals surface area (Å²) in [5.41, 5.74) is 1.86. The topological polar surface area (TPSA) is 49.0 Å². The van der Waals surface area contributed by atoms with E-state index in [1.807, 2.05) is 17.9 Å². The van der Waals surface area contributed by atoms with Crippen LogP contribution in [-0.4, -0.2) is 34.1 Å². The van der Waals surface area contributed by atoms with Crippen LogP contribution in [0.1, 0.15) is 31.2 Å². The fraction of sp³-hybridized carbons (Fsp3) is 0.667. The summed E-state index contributed by atoms with van der Waals surface area (Å²) < 4.78 is 0. The number of likely N-dealkylation sites (tertiary alicyclic amines) is 1. The predicted molar refractivity (Wildman–Crippen MR) is 62.0 cm³/mol. The number of aromatic nitrogens is 2. The Bertz CT molecular complexity index is 364. The maximum absolute atomic E-state index is 12.0. The number of carbonyl (C=O) groups excluding carboxylic acids is 1. The third kappa shape index (κ3) is 2.62. The Morgan fingerprint density at radius 3 is 2.81 bits per heavy atom. The highest BCUT2D eigenvalue weighted by atomic mass is 16.2. The van der Waals surface area contributed by atoms with Crippen LogP contribution in [0, 0.1) is 12.8 Å². The van der Waals surface area contributed by atoms with Gasteiger partial charge in [0, 0.05) is 18.8 Å². The van der Waals surface area contributed by atoms with E-state index >= 15 is 0 Å². The third-order valence-corrected chi connectivity index (χ3v) is 3.23. The molecule has 2 rings (SSSR count). The zero-order chi connectivity index (χ0) is 11.5. The smallest absolute Gasteiger partial charge is 0.228 e. The van der Waals surface area contributed by atoms with E-state index in [-0.39, 0.29) is 5.91 Å². The minimum absolute atomic E-state index is 0.207. The van der Waals surface area contributed by atoms with E-state index in [1.165, 1.54) is 0 Å². The van der Waals surface area contributed by atoms with Gasteiger partial charge in [-0.2, -0.15) is 5.10 Å². The van der Waals surface area contributed by atoms with Crippen molar-refractivity contribution in [3.8, 4) is 0 Å². The molecule has 1 N–H and O–H groups in total. The lowest BCUT2D eigenvalue weighted by molar-refractivity contribution is -0.131. The molecule has 2 heterocycles. The first-order valence-electron chi connectivity index (χ1n) is 5.94. The molecule has 0 aliphatic carbocycles. The first-order valence-corrected chi connectivity index (χ1v) is 5.94. The van der Waals surface area contributed by atoms with E-state index in [0.717, 1.165) is 43.2 Å². The Morgan fingerprint density at radius 1 is 1.56 bits per heavy atom. The standard InChI is InChI=1S/C12H19N3O/c1-9-3-5-15(6-4-9)12(16)8-11-7-10(2)13-14-11/h7,9H,3-6,8H2,1-2H3,(H,13,14). The summed E-state index contributed by atoms with van der Waals surface area (Å²) in [4.78, 5) is 13.9. The average Bonchev–Trinajstić information content (AvgIpc) is 2.65. The van der Waals surface area contributed by atoms with Crippen LogP contribution in [-0.2, 0) is 11.2 Å². The highest BCUT2D eigenvalue weighted by Crippen LogP contribution is 2.16. The van der Waals surface area contributed by atoms with Gasteiger partial charge in [-0.25, -0.2) is 0 Å². The van der Waals surface area contributed by atoms with Crippen molar-refractivity contribution in [3.05, 3.63) is 17.5 Å². The molecule has 0 radical (unpaired) electrons. The maximum Gasteiger partial charge on any atom is 0.228 e. The van der Waals surface area contributed by atoms with E-state index in [9.17, 15) is 4.79 Å². The number of aryl methyl sites for hydroxylation is 1. The van der Waals surface area contributed by atoms with E-state index in [1.54, 1.807) is 0 Å². The molecule has 0 saturated carbocycles. The SMILES string of the molecule is Cc1cc(CC(=O)N2CCC(C)CC2)n[nH]1. The minimum Gasteiger partial charge on any atom is -0.342 e. The zero-order valence-corrected chi connectivity index (χ0v) is 9.99. The molecule has 1 aromatic rings. The van der Waals surface area contributed by atoms with Crippen molar-refractivity contribution < 1.29 is 4.79 Å². The Balaban J connectivity index is 1.88. The second-order valence-electron chi connectivity index (χ2n) is 4.78. The summed E-state index contributed by atoms with van der Waals surface area (Å²) >= 11 is 0. The number of rotatable bonds is 2. The first kappa shape index (κ1) is 11.2. The molecule has 4 nitrogen and oxygen atoms in total. The summed E-state index contributed by atoms with van der Waals surface area (Å²) in [5.74, 6) is 0.968. The summed E-state index contributed by atoms with van der Waals surface area (Å²) in [7, 11) is 0. The van der Waals surface area contributed by atoms with Gasteiger partial charge in [0.15, 0.2) is 0 Å². The lowest BCUT2D eigenvalue weighted by Gasteiger charge is -2.30. The number of aromatic amines is 1. The highest BCUT2D eigenvalue weighted by Gasteiger charge is 2.20. The van der Waals surface area contributed by atoms with Crippen LogP contribution in [0.5, 0.6) is 0 Å². The van der Waals surface area contributed by atoms with Crippen LogP contribution < -0.4 is 0 Å². The van der Waals surface area contributed by atoms with Crippen LogP contribution in [0.15, 0.2) is 6.07 Å². The Morgan fingerprint density at radius 2 is 2.25 bits per heavy atom. The van der Waals surface area contributed by atoms with Gasteiger partial charge in [0.1, 0.15) is 0 Å². The van der Waals surface area contributed by atoms with E-state index in [4.69, 9.17) is 0 Å². The molecule has 1 aliphatic rings. The Kier molecular flexibility index (Phi) is 3.27. The van der Waals surface area contributed by atoms with Gasteiger partial charge in [0.05, 0.1) is 12.1 Å². The van der Waals surface area contributed by atoms with E-state index < -0.39 is 0 Å². The lowest BCUT2D eigenvalue weighted by atomic mass is 9.99. The van der Waals surface area contributed by atoms with Crippen LogP contribution in [0.3, 0.4) is 0 Å². The molecule has 0 aromatic carbocycles. The molecular formula is C12H19N3O. The number of carbonyl (C=O) groups is 1. The summed E-state index contributed by atoms with van der Waals surface area (Å²) in [5, 5.41) is 6.96. The fourth-order valence-corrected chi connectivity index (χ4v) is 2.09. The number of nitrogens with one attached hydrogen (secondary N) is 1. The second kappa shape index (κ2) is 4.68. The monoisotopic (exact) mass is 221 g/mol. The number of amides is 1. The van der Waals surface area contributed by atoms with Crippen molar-refractivity contribution in [2.75, 3.05) is 13.1 Å². The summed E-state index contributed by atoms with van der Waals surface area (Å²) in [6, 6.07) is 1.93. The van der Waals surface area contributed by atoms with Gasteiger partial charge in [-0.05, 0) is 31.7 Å². The molecule has 1 aliphatic heterocycles. The van der Waals surface area contributed by atoms with Crippen LogP contribution in [0.2, 0.25) is 0 Å². The summed E-state index contributed by atoms with van der Waals surface area (Å²) in [6.07, 6.45) is 2.69. The van der Waals surface area contributed by atoms with Crippen LogP contribution in [0.4, 0.5) is 0 Å². The van der Waals surface area contributed by atoms with Crippen molar-refractivity contribution in [2.24, 2.45) is 5.92 Å². The second-order valence-corrected chi connectivity index (χ2v) is 4.78. The zero-order valence-electron chi connectivity index (χ0n) is 9.99. The minimum atomic E-state index is 0.207. The van der Waals surface area contributed by atoms with E-state index in [2.05, 4.69) is 17.1 Å². The van der Waals surface area contributed by atoms with Gasteiger partial charge in [-0.3, -0.25) is 9.89 Å². The molecule has 1 amide bonds. The molecule has 0 atom stereocenters. The molecule has 1 aromatic heterocycles. The molecule has 1 fully saturated rings. The maximum atomic E-state index is 12.0. The molecule has 0 spiro atoms. The molecule has 16 heavy (non-hydrogen) atoms.